The molecule has 1 amide bonds. The van der Waals surface area contributed by atoms with E-state index in [1.165, 1.54) is 37.6 Å². The SMILES string of the molecule is COc1ccc(S(=O)(=O)N(Cc2cccnc2)[C@H](C(=O)NO)C(C)C)cc1. The first-order valence-electron chi connectivity index (χ1n) is 8.30. The minimum Gasteiger partial charge on any atom is -0.497 e. The van der Waals surface area contributed by atoms with Crippen LogP contribution in [0, 0.1) is 5.92 Å². The van der Waals surface area contributed by atoms with Crippen molar-refractivity contribution in [1.29, 1.82) is 0 Å². The molecule has 2 rings (SSSR count). The van der Waals surface area contributed by atoms with Crippen LogP contribution in [0.1, 0.15) is 19.4 Å². The maximum absolute atomic E-state index is 13.3. The molecule has 9 heteroatoms. The second-order valence-electron chi connectivity index (χ2n) is 6.25. The number of sulfonamides is 1. The van der Waals surface area contributed by atoms with Crippen LogP contribution in [-0.4, -0.2) is 42.0 Å². The van der Waals surface area contributed by atoms with Crippen molar-refractivity contribution in [2.24, 2.45) is 5.92 Å². The van der Waals surface area contributed by atoms with Gasteiger partial charge in [-0.15, -0.1) is 0 Å². The standard InChI is InChI=1S/C18H23N3O5S/c1-13(2)17(18(22)20-23)21(12-14-5-4-10-19-11-14)27(24,25)16-8-6-15(26-3)7-9-16/h4-11,13,17,23H,12H2,1-3H3,(H,20,22)/t17-/m0/s1. The third-order valence-corrected chi connectivity index (χ3v) is 5.89. The Morgan fingerprint density at radius 2 is 1.93 bits per heavy atom. The number of hydrogen-bond acceptors (Lipinski definition) is 6. The fourth-order valence-corrected chi connectivity index (χ4v) is 4.43. The summed E-state index contributed by atoms with van der Waals surface area (Å²) in [7, 11) is -2.56. The molecule has 1 heterocycles. The third kappa shape index (κ3) is 4.82. The molecule has 0 unspecified atom stereocenters. The van der Waals surface area contributed by atoms with E-state index in [0.29, 0.717) is 11.3 Å². The number of ether oxygens (including phenoxy) is 1. The molecule has 0 aliphatic heterocycles. The van der Waals surface area contributed by atoms with Crippen LogP contribution in [0.3, 0.4) is 0 Å². The highest BCUT2D eigenvalue weighted by Gasteiger charge is 2.38. The molecule has 1 atom stereocenters. The van der Waals surface area contributed by atoms with E-state index in [1.807, 2.05) is 0 Å². The fraction of sp³-hybridized carbons (Fsp3) is 0.333. The zero-order valence-corrected chi connectivity index (χ0v) is 16.2. The Hall–Kier alpha value is -2.49. The van der Waals surface area contributed by atoms with Crippen LogP contribution in [0.15, 0.2) is 53.7 Å². The van der Waals surface area contributed by atoms with E-state index >= 15 is 0 Å². The Morgan fingerprint density at radius 1 is 1.26 bits per heavy atom. The largest absolute Gasteiger partial charge is 0.497 e. The van der Waals surface area contributed by atoms with E-state index < -0.39 is 22.0 Å². The zero-order chi connectivity index (χ0) is 20.0. The van der Waals surface area contributed by atoms with Gasteiger partial charge in [0, 0.05) is 18.9 Å². The van der Waals surface area contributed by atoms with Gasteiger partial charge in [0.15, 0.2) is 0 Å². The van der Waals surface area contributed by atoms with Crippen molar-refractivity contribution in [2.45, 2.75) is 31.3 Å². The van der Waals surface area contributed by atoms with Crippen molar-refractivity contribution >= 4 is 15.9 Å². The molecule has 2 N–H and O–H groups in total. The summed E-state index contributed by atoms with van der Waals surface area (Å²) >= 11 is 0. The van der Waals surface area contributed by atoms with Gasteiger partial charge in [0.25, 0.3) is 5.91 Å². The molecule has 2 aromatic rings. The highest BCUT2D eigenvalue weighted by atomic mass is 32.2. The van der Waals surface area contributed by atoms with Crippen molar-refractivity contribution < 1.29 is 23.2 Å². The molecule has 27 heavy (non-hydrogen) atoms. The van der Waals surface area contributed by atoms with Crippen LogP contribution in [-0.2, 0) is 21.4 Å². The van der Waals surface area contributed by atoms with Gasteiger partial charge in [0.1, 0.15) is 11.8 Å². The van der Waals surface area contributed by atoms with Gasteiger partial charge < -0.3 is 4.74 Å². The summed E-state index contributed by atoms with van der Waals surface area (Å²) in [6.45, 7) is 3.35. The number of hydroxylamine groups is 1. The maximum atomic E-state index is 13.3. The van der Waals surface area contributed by atoms with E-state index in [4.69, 9.17) is 9.94 Å². The summed E-state index contributed by atoms with van der Waals surface area (Å²) < 4.78 is 32.7. The third-order valence-electron chi connectivity index (χ3n) is 4.05. The summed E-state index contributed by atoms with van der Waals surface area (Å²) in [6, 6.07) is 8.19. The first-order valence-corrected chi connectivity index (χ1v) is 9.74. The highest BCUT2D eigenvalue weighted by molar-refractivity contribution is 7.89. The Bertz CT molecular complexity index is 854. The topological polar surface area (TPSA) is 109 Å². The van der Waals surface area contributed by atoms with Crippen molar-refractivity contribution in [1.82, 2.24) is 14.8 Å². The van der Waals surface area contributed by atoms with Gasteiger partial charge in [-0.05, 0) is 41.8 Å². The first-order chi connectivity index (χ1) is 12.8. The Labute approximate surface area is 158 Å². The van der Waals surface area contributed by atoms with Gasteiger partial charge in [0.05, 0.1) is 12.0 Å². The van der Waals surface area contributed by atoms with E-state index in [9.17, 15) is 13.2 Å². The number of hydrogen-bond donors (Lipinski definition) is 2. The summed E-state index contributed by atoms with van der Waals surface area (Å²) in [4.78, 5) is 16.3. The molecule has 1 aromatic carbocycles. The molecule has 0 radical (unpaired) electrons. The number of pyridine rings is 1. The molecule has 0 spiro atoms. The summed E-state index contributed by atoms with van der Waals surface area (Å²) in [5, 5.41) is 9.12. The van der Waals surface area contributed by atoms with Crippen LogP contribution in [0.25, 0.3) is 0 Å². The van der Waals surface area contributed by atoms with Crippen LogP contribution < -0.4 is 10.2 Å². The number of aromatic nitrogens is 1. The van der Waals surface area contributed by atoms with Crippen molar-refractivity contribution in [2.75, 3.05) is 7.11 Å². The molecule has 0 bridgehead atoms. The number of nitrogens with one attached hydrogen (secondary N) is 1. The lowest BCUT2D eigenvalue weighted by atomic mass is 10.0. The normalized spacial score (nSPS) is 12.8. The van der Waals surface area contributed by atoms with Gasteiger partial charge in [0.2, 0.25) is 10.0 Å². The summed E-state index contributed by atoms with van der Waals surface area (Å²) in [6.07, 6.45) is 3.11. The predicted molar refractivity (Wildman–Crippen MR) is 98.5 cm³/mol. The number of benzene rings is 1. The Morgan fingerprint density at radius 3 is 2.41 bits per heavy atom. The van der Waals surface area contributed by atoms with Gasteiger partial charge >= 0.3 is 0 Å². The molecule has 0 aliphatic rings. The van der Waals surface area contributed by atoms with Crippen LogP contribution >= 0.6 is 0 Å². The number of amides is 1. The van der Waals surface area contributed by atoms with E-state index in [1.54, 1.807) is 37.7 Å². The number of methoxy groups -OCH3 is 1. The van der Waals surface area contributed by atoms with Crippen molar-refractivity contribution in [3.05, 3.63) is 54.4 Å². The first kappa shape index (κ1) is 20.8. The van der Waals surface area contributed by atoms with Crippen LogP contribution in [0.5, 0.6) is 5.75 Å². The number of carbonyl (C=O) groups excluding carboxylic acids is 1. The second-order valence-corrected chi connectivity index (χ2v) is 8.14. The fourth-order valence-electron chi connectivity index (χ4n) is 2.72. The summed E-state index contributed by atoms with van der Waals surface area (Å²) in [5.74, 6) is -0.672. The van der Waals surface area contributed by atoms with Crippen molar-refractivity contribution in [3.63, 3.8) is 0 Å². The van der Waals surface area contributed by atoms with E-state index in [2.05, 4.69) is 4.98 Å². The van der Waals surface area contributed by atoms with Gasteiger partial charge in [-0.3, -0.25) is 15.0 Å². The molecular weight excluding hydrogens is 370 g/mol. The van der Waals surface area contributed by atoms with Crippen molar-refractivity contribution in [3.8, 4) is 5.75 Å². The molecule has 146 valence electrons. The Balaban J connectivity index is 2.53. The summed E-state index contributed by atoms with van der Waals surface area (Å²) in [5.41, 5.74) is 2.19. The van der Waals surface area contributed by atoms with Crippen LogP contribution in [0.4, 0.5) is 0 Å². The molecule has 1 aromatic heterocycles. The van der Waals surface area contributed by atoms with Gasteiger partial charge in [-0.2, -0.15) is 4.31 Å². The minimum absolute atomic E-state index is 0.0172. The van der Waals surface area contributed by atoms with E-state index in [0.717, 1.165) is 4.31 Å². The number of nitrogens with zero attached hydrogens (tertiary/aromatic N) is 2. The maximum Gasteiger partial charge on any atom is 0.262 e. The van der Waals surface area contributed by atoms with Gasteiger partial charge in [-0.1, -0.05) is 19.9 Å². The second kappa shape index (κ2) is 8.94. The monoisotopic (exact) mass is 393 g/mol. The molecule has 8 nitrogen and oxygen atoms in total. The molecule has 0 saturated carbocycles. The zero-order valence-electron chi connectivity index (χ0n) is 15.4. The highest BCUT2D eigenvalue weighted by Crippen LogP contribution is 2.26. The molecule has 0 fully saturated rings. The molecular formula is C18H23N3O5S. The van der Waals surface area contributed by atoms with Gasteiger partial charge in [-0.25, -0.2) is 13.9 Å². The predicted octanol–water partition coefficient (Wildman–Crippen LogP) is 1.81. The lowest BCUT2D eigenvalue weighted by Gasteiger charge is -2.32. The minimum atomic E-state index is -4.05. The molecule has 0 saturated heterocycles. The average Bonchev–Trinajstić information content (AvgIpc) is 2.67. The van der Waals surface area contributed by atoms with Crippen LogP contribution in [0.2, 0.25) is 0 Å². The van der Waals surface area contributed by atoms with E-state index in [-0.39, 0.29) is 17.4 Å². The average molecular weight is 393 g/mol. The Kier molecular flexibility index (Phi) is 6.89. The quantitative estimate of drug-likeness (QED) is 0.523. The lowest BCUT2D eigenvalue weighted by Crippen LogP contribution is -2.51. The number of carbonyl (C=O) groups is 1. The lowest BCUT2D eigenvalue weighted by molar-refractivity contribution is -0.134. The number of rotatable bonds is 8. The molecule has 0 aliphatic carbocycles. The smallest absolute Gasteiger partial charge is 0.262 e.